The number of methoxy groups -OCH3 is 1. The maximum Gasteiger partial charge on any atom is 0.0957 e. The predicted molar refractivity (Wildman–Crippen MR) is 64.4 cm³/mol. The molecule has 1 N–H and O–H groups in total. The van der Waals surface area contributed by atoms with E-state index in [0.717, 1.165) is 19.4 Å². The summed E-state index contributed by atoms with van der Waals surface area (Å²) in [7, 11) is 3.71. The van der Waals surface area contributed by atoms with Crippen LogP contribution in [0, 0.1) is 0 Å². The molecule has 0 aliphatic rings. The van der Waals surface area contributed by atoms with Crippen LogP contribution in [0.3, 0.4) is 0 Å². The lowest BCUT2D eigenvalue weighted by Gasteiger charge is -2.05. The first kappa shape index (κ1) is 12.6. The minimum absolute atomic E-state index is 0.253. The van der Waals surface area contributed by atoms with Crippen LogP contribution in [0.5, 0.6) is 0 Å². The van der Waals surface area contributed by atoms with Gasteiger partial charge in [-0.15, -0.1) is 11.3 Å². The van der Waals surface area contributed by atoms with Crippen molar-refractivity contribution in [1.82, 2.24) is 10.3 Å². The van der Waals surface area contributed by atoms with Crippen LogP contribution in [0.2, 0.25) is 0 Å². The van der Waals surface area contributed by atoms with E-state index in [1.54, 1.807) is 18.4 Å². The van der Waals surface area contributed by atoms with Crippen molar-refractivity contribution >= 4 is 11.3 Å². The Balaban J connectivity index is 2.73. The molecule has 0 bridgehead atoms. The number of hydrogen-bond acceptors (Lipinski definition) is 4. The highest BCUT2D eigenvalue weighted by Crippen LogP contribution is 2.20. The molecule has 1 aromatic heterocycles. The number of nitrogens with zero attached hydrogens (tertiary/aromatic N) is 1. The van der Waals surface area contributed by atoms with Gasteiger partial charge in [0.2, 0.25) is 0 Å². The molecule has 1 aromatic rings. The van der Waals surface area contributed by atoms with E-state index in [4.69, 9.17) is 4.74 Å². The molecule has 1 rings (SSSR count). The third-order valence-electron chi connectivity index (χ3n) is 2.36. The van der Waals surface area contributed by atoms with Gasteiger partial charge in [-0.3, -0.25) is 0 Å². The number of ether oxygens (including phenoxy) is 1. The van der Waals surface area contributed by atoms with E-state index < -0.39 is 0 Å². The van der Waals surface area contributed by atoms with E-state index in [-0.39, 0.29) is 6.10 Å². The smallest absolute Gasteiger partial charge is 0.0957 e. The Bertz CT molecular complexity index is 299. The minimum atomic E-state index is 0.253. The lowest BCUT2D eigenvalue weighted by atomic mass is 10.3. The fraction of sp³-hybridized carbons (Fsp3) is 0.727. The first-order valence-electron chi connectivity index (χ1n) is 5.36. The highest BCUT2D eigenvalue weighted by Gasteiger charge is 2.11. The SMILES string of the molecule is CCc1nc(CC(C)OC)sc1CNC. The van der Waals surface area contributed by atoms with E-state index in [1.165, 1.54) is 15.6 Å². The fourth-order valence-electron chi connectivity index (χ4n) is 1.43. The number of thiazole rings is 1. The van der Waals surface area contributed by atoms with Crippen LogP contribution in [0.15, 0.2) is 0 Å². The standard InChI is InChI=1S/C11H20N2OS/c1-5-9-10(7-12-3)15-11(13-9)6-8(2)14-4/h8,12H,5-7H2,1-4H3. The monoisotopic (exact) mass is 228 g/mol. The van der Waals surface area contributed by atoms with Gasteiger partial charge in [0.05, 0.1) is 16.8 Å². The summed E-state index contributed by atoms with van der Waals surface area (Å²) >= 11 is 1.80. The average Bonchev–Trinajstić information content (AvgIpc) is 2.61. The summed E-state index contributed by atoms with van der Waals surface area (Å²) < 4.78 is 5.25. The maximum atomic E-state index is 5.25. The maximum absolute atomic E-state index is 5.25. The minimum Gasteiger partial charge on any atom is -0.381 e. The zero-order chi connectivity index (χ0) is 11.3. The predicted octanol–water partition coefficient (Wildman–Crippen LogP) is 2.00. The highest BCUT2D eigenvalue weighted by atomic mass is 32.1. The summed E-state index contributed by atoms with van der Waals surface area (Å²) in [6.45, 7) is 5.14. The number of hydrogen-bond donors (Lipinski definition) is 1. The summed E-state index contributed by atoms with van der Waals surface area (Å²) in [5.41, 5.74) is 1.23. The van der Waals surface area contributed by atoms with Gasteiger partial charge in [0, 0.05) is 25.0 Å². The average molecular weight is 228 g/mol. The zero-order valence-electron chi connectivity index (χ0n) is 9.96. The number of aromatic nitrogens is 1. The van der Waals surface area contributed by atoms with Crippen LogP contribution in [-0.4, -0.2) is 25.2 Å². The second-order valence-electron chi connectivity index (χ2n) is 3.61. The van der Waals surface area contributed by atoms with E-state index in [9.17, 15) is 0 Å². The van der Waals surface area contributed by atoms with Crippen molar-refractivity contribution in [2.24, 2.45) is 0 Å². The largest absolute Gasteiger partial charge is 0.381 e. The first-order valence-corrected chi connectivity index (χ1v) is 6.17. The molecule has 0 aliphatic heterocycles. The summed E-state index contributed by atoms with van der Waals surface area (Å²) in [4.78, 5) is 5.99. The summed E-state index contributed by atoms with van der Waals surface area (Å²) in [5.74, 6) is 0. The second kappa shape index (κ2) is 6.20. The van der Waals surface area contributed by atoms with E-state index in [1.807, 2.05) is 7.05 Å². The normalized spacial score (nSPS) is 13.1. The highest BCUT2D eigenvalue weighted by molar-refractivity contribution is 7.11. The molecule has 15 heavy (non-hydrogen) atoms. The lowest BCUT2D eigenvalue weighted by Crippen LogP contribution is -2.08. The van der Waals surface area contributed by atoms with Gasteiger partial charge < -0.3 is 10.1 Å². The molecule has 0 aliphatic carbocycles. The van der Waals surface area contributed by atoms with Gasteiger partial charge in [0.1, 0.15) is 0 Å². The van der Waals surface area contributed by atoms with Gasteiger partial charge >= 0.3 is 0 Å². The Morgan fingerprint density at radius 2 is 2.27 bits per heavy atom. The molecule has 0 fully saturated rings. The molecule has 0 amide bonds. The van der Waals surface area contributed by atoms with E-state index in [0.29, 0.717) is 0 Å². The van der Waals surface area contributed by atoms with Crippen molar-refractivity contribution < 1.29 is 4.74 Å². The summed E-state index contributed by atoms with van der Waals surface area (Å²) in [5, 5.41) is 4.37. The Kier molecular flexibility index (Phi) is 5.22. The van der Waals surface area contributed by atoms with Crippen LogP contribution in [-0.2, 0) is 24.1 Å². The van der Waals surface area contributed by atoms with Gasteiger partial charge in [-0.2, -0.15) is 0 Å². The molecular weight excluding hydrogens is 208 g/mol. The van der Waals surface area contributed by atoms with Gasteiger partial charge in [-0.1, -0.05) is 6.92 Å². The molecule has 0 spiro atoms. The van der Waals surface area contributed by atoms with Crippen molar-refractivity contribution in [1.29, 1.82) is 0 Å². The molecule has 1 atom stereocenters. The molecule has 1 unspecified atom stereocenters. The van der Waals surface area contributed by atoms with E-state index >= 15 is 0 Å². The molecular formula is C11H20N2OS. The molecule has 86 valence electrons. The Labute approximate surface area is 95.9 Å². The Morgan fingerprint density at radius 3 is 2.80 bits per heavy atom. The lowest BCUT2D eigenvalue weighted by molar-refractivity contribution is 0.118. The second-order valence-corrected chi connectivity index (χ2v) is 4.78. The van der Waals surface area contributed by atoms with Gasteiger partial charge in [-0.05, 0) is 20.4 Å². The van der Waals surface area contributed by atoms with Crippen molar-refractivity contribution in [2.45, 2.75) is 39.3 Å². The topological polar surface area (TPSA) is 34.1 Å². The molecule has 0 saturated carbocycles. The molecule has 4 heteroatoms. The van der Waals surface area contributed by atoms with Crippen molar-refractivity contribution in [2.75, 3.05) is 14.2 Å². The number of nitrogens with one attached hydrogen (secondary N) is 1. The van der Waals surface area contributed by atoms with Crippen LogP contribution in [0.4, 0.5) is 0 Å². The Morgan fingerprint density at radius 1 is 1.53 bits per heavy atom. The molecule has 1 heterocycles. The third kappa shape index (κ3) is 3.55. The fourth-order valence-corrected chi connectivity index (χ4v) is 2.71. The number of aryl methyl sites for hydroxylation is 1. The van der Waals surface area contributed by atoms with Crippen LogP contribution in [0.1, 0.15) is 29.4 Å². The van der Waals surface area contributed by atoms with Crippen molar-refractivity contribution in [3.05, 3.63) is 15.6 Å². The summed E-state index contributed by atoms with van der Waals surface area (Å²) in [6.07, 6.45) is 2.18. The van der Waals surface area contributed by atoms with E-state index in [2.05, 4.69) is 24.1 Å². The van der Waals surface area contributed by atoms with Gasteiger partial charge in [-0.25, -0.2) is 4.98 Å². The zero-order valence-corrected chi connectivity index (χ0v) is 10.8. The van der Waals surface area contributed by atoms with Crippen molar-refractivity contribution in [3.63, 3.8) is 0 Å². The van der Waals surface area contributed by atoms with Gasteiger partial charge in [0.15, 0.2) is 0 Å². The third-order valence-corrected chi connectivity index (χ3v) is 3.48. The quantitative estimate of drug-likeness (QED) is 0.808. The first-order chi connectivity index (χ1) is 7.21. The van der Waals surface area contributed by atoms with Crippen LogP contribution < -0.4 is 5.32 Å². The van der Waals surface area contributed by atoms with Crippen LogP contribution in [0.25, 0.3) is 0 Å². The van der Waals surface area contributed by atoms with Crippen molar-refractivity contribution in [3.8, 4) is 0 Å². The van der Waals surface area contributed by atoms with Gasteiger partial charge in [0.25, 0.3) is 0 Å². The van der Waals surface area contributed by atoms with Crippen LogP contribution >= 0.6 is 11.3 Å². The molecule has 0 saturated heterocycles. The number of rotatable bonds is 6. The molecule has 0 radical (unpaired) electrons. The molecule has 0 aromatic carbocycles. The Hall–Kier alpha value is -0.450. The summed E-state index contributed by atoms with van der Waals surface area (Å²) in [6, 6.07) is 0. The molecule has 3 nitrogen and oxygen atoms in total.